The Balaban J connectivity index is 2.14. The topological polar surface area (TPSA) is 12.5 Å². The number of aryl methyl sites for hydroxylation is 2. The molecule has 0 aromatic heterocycles. The molecule has 1 aromatic carbocycles. The SMILES string of the molecule is Cc1ccc2c(c1)C1OC1CC2. The predicted octanol–water partition coefficient (Wildman–Crippen LogP) is 2.38. The average molecular weight is 160 g/mol. The van der Waals surface area contributed by atoms with Crippen LogP contribution in [0.25, 0.3) is 0 Å². The Kier molecular flexibility index (Phi) is 1.17. The molecule has 0 saturated carbocycles. The minimum atomic E-state index is 0.452. The van der Waals surface area contributed by atoms with Crippen LogP contribution in [0, 0.1) is 6.92 Å². The third kappa shape index (κ3) is 0.831. The summed E-state index contributed by atoms with van der Waals surface area (Å²) in [6.45, 7) is 2.15. The van der Waals surface area contributed by atoms with Crippen molar-refractivity contribution in [3.8, 4) is 0 Å². The Morgan fingerprint density at radius 1 is 1.42 bits per heavy atom. The zero-order chi connectivity index (χ0) is 8.13. The number of hydrogen-bond donors (Lipinski definition) is 0. The van der Waals surface area contributed by atoms with Gasteiger partial charge in [0.15, 0.2) is 0 Å². The lowest BCUT2D eigenvalue weighted by atomic mass is 9.91. The third-order valence-corrected chi connectivity index (χ3v) is 2.89. The van der Waals surface area contributed by atoms with E-state index in [1.54, 1.807) is 0 Å². The fourth-order valence-corrected chi connectivity index (χ4v) is 2.14. The van der Waals surface area contributed by atoms with Crippen molar-refractivity contribution in [1.29, 1.82) is 0 Å². The van der Waals surface area contributed by atoms with Crippen molar-refractivity contribution >= 4 is 0 Å². The van der Waals surface area contributed by atoms with Gasteiger partial charge in [0.2, 0.25) is 0 Å². The van der Waals surface area contributed by atoms with E-state index in [2.05, 4.69) is 25.1 Å². The fraction of sp³-hybridized carbons (Fsp3) is 0.455. The maximum atomic E-state index is 5.56. The van der Waals surface area contributed by atoms with E-state index in [1.807, 2.05) is 0 Å². The van der Waals surface area contributed by atoms with Crippen LogP contribution in [0.4, 0.5) is 0 Å². The maximum Gasteiger partial charge on any atom is 0.109 e. The van der Waals surface area contributed by atoms with Crippen LogP contribution in [0.15, 0.2) is 18.2 Å². The molecule has 2 unspecified atom stereocenters. The highest BCUT2D eigenvalue weighted by atomic mass is 16.6. The van der Waals surface area contributed by atoms with Crippen LogP contribution in [0.3, 0.4) is 0 Å². The van der Waals surface area contributed by atoms with Crippen molar-refractivity contribution in [1.82, 2.24) is 0 Å². The van der Waals surface area contributed by atoms with Gasteiger partial charge in [0.1, 0.15) is 6.10 Å². The molecule has 1 nitrogen and oxygen atoms in total. The first kappa shape index (κ1) is 6.67. The molecule has 0 N–H and O–H groups in total. The van der Waals surface area contributed by atoms with E-state index in [0.717, 1.165) is 0 Å². The van der Waals surface area contributed by atoms with Gasteiger partial charge in [-0.15, -0.1) is 0 Å². The fourth-order valence-electron chi connectivity index (χ4n) is 2.14. The molecule has 2 aliphatic rings. The zero-order valence-electron chi connectivity index (χ0n) is 7.21. The maximum absolute atomic E-state index is 5.56. The Labute approximate surface area is 72.4 Å². The van der Waals surface area contributed by atoms with E-state index in [0.29, 0.717) is 12.2 Å². The van der Waals surface area contributed by atoms with Crippen molar-refractivity contribution in [2.45, 2.75) is 32.0 Å². The van der Waals surface area contributed by atoms with Gasteiger partial charge in [0, 0.05) is 0 Å². The lowest BCUT2D eigenvalue weighted by molar-refractivity contribution is 0.372. The summed E-state index contributed by atoms with van der Waals surface area (Å²) >= 11 is 0. The van der Waals surface area contributed by atoms with Crippen molar-refractivity contribution in [2.24, 2.45) is 0 Å². The van der Waals surface area contributed by atoms with Gasteiger partial charge in [-0.2, -0.15) is 0 Å². The first-order valence-corrected chi connectivity index (χ1v) is 4.59. The monoisotopic (exact) mass is 160 g/mol. The first-order chi connectivity index (χ1) is 5.84. The standard InChI is InChI=1S/C11H12O/c1-7-2-3-8-4-5-10-11(12-10)9(8)6-7/h2-3,6,10-11H,4-5H2,1H3. The minimum absolute atomic E-state index is 0.452. The Hall–Kier alpha value is -0.820. The summed E-state index contributed by atoms with van der Waals surface area (Å²) in [5, 5.41) is 0. The van der Waals surface area contributed by atoms with Crippen LogP contribution in [0.1, 0.15) is 29.2 Å². The second kappa shape index (κ2) is 2.11. The van der Waals surface area contributed by atoms with E-state index < -0.39 is 0 Å². The molecule has 12 heavy (non-hydrogen) atoms. The molecule has 0 amide bonds. The van der Waals surface area contributed by atoms with Gasteiger partial charge >= 0.3 is 0 Å². The second-order valence-electron chi connectivity index (χ2n) is 3.84. The quantitative estimate of drug-likeness (QED) is 0.531. The summed E-state index contributed by atoms with van der Waals surface area (Å²) in [4.78, 5) is 0. The highest BCUT2D eigenvalue weighted by Gasteiger charge is 2.43. The van der Waals surface area contributed by atoms with E-state index in [9.17, 15) is 0 Å². The average Bonchev–Trinajstić information content (AvgIpc) is 2.82. The van der Waals surface area contributed by atoms with Crippen molar-refractivity contribution in [2.75, 3.05) is 0 Å². The molecule has 1 saturated heterocycles. The van der Waals surface area contributed by atoms with Crippen LogP contribution in [0.2, 0.25) is 0 Å². The van der Waals surface area contributed by atoms with Crippen molar-refractivity contribution in [3.63, 3.8) is 0 Å². The summed E-state index contributed by atoms with van der Waals surface area (Å²) in [6.07, 6.45) is 3.44. The van der Waals surface area contributed by atoms with Crippen LogP contribution in [0.5, 0.6) is 0 Å². The Morgan fingerprint density at radius 2 is 2.33 bits per heavy atom. The van der Waals surface area contributed by atoms with E-state index in [1.165, 1.54) is 29.5 Å². The molecule has 1 aliphatic heterocycles. The molecule has 2 atom stereocenters. The highest BCUT2D eigenvalue weighted by molar-refractivity contribution is 5.38. The van der Waals surface area contributed by atoms with Crippen molar-refractivity contribution in [3.05, 3.63) is 34.9 Å². The van der Waals surface area contributed by atoms with Crippen LogP contribution in [-0.2, 0) is 11.2 Å². The highest BCUT2D eigenvalue weighted by Crippen LogP contribution is 2.46. The molecule has 62 valence electrons. The summed E-state index contributed by atoms with van der Waals surface area (Å²) in [5.74, 6) is 0. The molecule has 3 rings (SSSR count). The molecule has 1 fully saturated rings. The van der Waals surface area contributed by atoms with Gasteiger partial charge in [-0.05, 0) is 30.9 Å². The number of ether oxygens (including phenoxy) is 1. The Morgan fingerprint density at radius 3 is 3.25 bits per heavy atom. The summed E-state index contributed by atoms with van der Waals surface area (Å²) in [6, 6.07) is 6.73. The molecule has 0 bridgehead atoms. The van der Waals surface area contributed by atoms with Gasteiger partial charge < -0.3 is 4.74 Å². The number of rotatable bonds is 0. The molecule has 0 radical (unpaired) electrons. The Bertz CT molecular complexity index is 330. The number of epoxide rings is 1. The van der Waals surface area contributed by atoms with Crippen molar-refractivity contribution < 1.29 is 4.74 Å². The normalized spacial score (nSPS) is 30.8. The molecule has 1 heteroatoms. The van der Waals surface area contributed by atoms with Gasteiger partial charge in [-0.25, -0.2) is 0 Å². The first-order valence-electron chi connectivity index (χ1n) is 4.59. The summed E-state index contributed by atoms with van der Waals surface area (Å²) in [7, 11) is 0. The van der Waals surface area contributed by atoms with Crippen LogP contribution < -0.4 is 0 Å². The number of hydrogen-bond acceptors (Lipinski definition) is 1. The van der Waals surface area contributed by atoms with Crippen LogP contribution in [-0.4, -0.2) is 6.10 Å². The second-order valence-corrected chi connectivity index (χ2v) is 3.84. The number of benzene rings is 1. The molecular formula is C11H12O. The molecule has 1 aliphatic carbocycles. The lowest BCUT2D eigenvalue weighted by Crippen LogP contribution is -2.04. The van der Waals surface area contributed by atoms with E-state index in [-0.39, 0.29) is 0 Å². The van der Waals surface area contributed by atoms with Crippen LogP contribution >= 0.6 is 0 Å². The summed E-state index contributed by atoms with van der Waals surface area (Å²) < 4.78 is 5.56. The van der Waals surface area contributed by atoms with Gasteiger partial charge in [-0.3, -0.25) is 0 Å². The van der Waals surface area contributed by atoms with E-state index >= 15 is 0 Å². The lowest BCUT2D eigenvalue weighted by Gasteiger charge is -2.11. The molecule has 0 spiro atoms. The molecule has 1 aromatic rings. The largest absolute Gasteiger partial charge is 0.364 e. The van der Waals surface area contributed by atoms with Gasteiger partial charge in [-0.1, -0.05) is 23.8 Å². The molecular weight excluding hydrogens is 148 g/mol. The minimum Gasteiger partial charge on any atom is -0.364 e. The smallest absolute Gasteiger partial charge is 0.109 e. The molecule has 1 heterocycles. The zero-order valence-corrected chi connectivity index (χ0v) is 7.21. The number of fused-ring (bicyclic) bond motifs is 3. The van der Waals surface area contributed by atoms with Gasteiger partial charge in [0.25, 0.3) is 0 Å². The van der Waals surface area contributed by atoms with E-state index in [4.69, 9.17) is 4.74 Å². The third-order valence-electron chi connectivity index (χ3n) is 2.89. The summed E-state index contributed by atoms with van der Waals surface area (Å²) in [5.41, 5.74) is 4.30. The van der Waals surface area contributed by atoms with Gasteiger partial charge in [0.05, 0.1) is 6.10 Å². The predicted molar refractivity (Wildman–Crippen MR) is 47.1 cm³/mol.